The number of nitrogens with zero attached hydrogens (tertiary/aromatic N) is 3. The van der Waals surface area contributed by atoms with E-state index in [9.17, 15) is 0 Å². The quantitative estimate of drug-likeness (QED) is 0.158. The average Bonchev–Trinajstić information content (AvgIpc) is 4.15. The maximum Gasteiger partial charge on any atom is 0.156 e. The highest BCUT2D eigenvalue weighted by molar-refractivity contribution is 7.26. The standard InChI is InChI=1S/C69H41N3S/c1-2-14-49(15-3-1)71-61-21-11-10-20-57(61)59-40-48(31-37-62(59)71)42-22-24-45(25-23-42)51-34-35-52(55-19-9-8-18-54(51)55)46-26-28-47(29-27-46)64-41-60-66-53-17-7-5-13-44(53)32-39-65(66)73-68(60)69-70-67-58-33-30-43-12-4-6-16-50(43)56(58)36-38-63(67)72(64)69/h1-41H. The summed E-state index contributed by atoms with van der Waals surface area (Å²) < 4.78 is 7.27. The van der Waals surface area contributed by atoms with Crippen molar-refractivity contribution in [1.82, 2.24) is 14.0 Å². The van der Waals surface area contributed by atoms with Crippen molar-refractivity contribution in [3.8, 4) is 50.3 Å². The Morgan fingerprint density at radius 3 is 1.64 bits per heavy atom. The molecule has 4 heterocycles. The van der Waals surface area contributed by atoms with Gasteiger partial charge in [0.25, 0.3) is 0 Å². The molecule has 0 radical (unpaired) electrons. The minimum absolute atomic E-state index is 1.00. The van der Waals surface area contributed by atoms with Crippen LogP contribution in [0.3, 0.4) is 0 Å². The Morgan fingerprint density at radius 1 is 0.329 bits per heavy atom. The summed E-state index contributed by atoms with van der Waals surface area (Å²) in [4.78, 5) is 5.60. The number of para-hydroxylation sites is 2. The predicted molar refractivity (Wildman–Crippen MR) is 312 cm³/mol. The normalized spacial score (nSPS) is 12.1. The largest absolute Gasteiger partial charge is 0.309 e. The number of fused-ring (bicyclic) bond motifs is 17. The van der Waals surface area contributed by atoms with Crippen LogP contribution in [-0.2, 0) is 0 Å². The van der Waals surface area contributed by atoms with Crippen LogP contribution < -0.4 is 0 Å². The van der Waals surface area contributed by atoms with Crippen LogP contribution in [0.15, 0.2) is 249 Å². The minimum Gasteiger partial charge on any atom is -0.309 e. The number of hydrogen-bond donors (Lipinski definition) is 0. The van der Waals surface area contributed by atoms with Gasteiger partial charge in [-0.3, -0.25) is 4.40 Å². The fourth-order valence-electron chi connectivity index (χ4n) is 12.1. The molecule has 0 spiro atoms. The van der Waals surface area contributed by atoms with Crippen LogP contribution in [0.1, 0.15) is 0 Å². The third kappa shape index (κ3) is 6.02. The van der Waals surface area contributed by atoms with Gasteiger partial charge in [-0.15, -0.1) is 11.3 Å². The van der Waals surface area contributed by atoms with Crippen LogP contribution in [0.25, 0.3) is 152 Å². The van der Waals surface area contributed by atoms with E-state index in [2.05, 4.69) is 258 Å². The highest BCUT2D eigenvalue weighted by atomic mass is 32.1. The molecular formula is C69H41N3S. The highest BCUT2D eigenvalue weighted by Gasteiger charge is 2.21. The summed E-state index contributed by atoms with van der Waals surface area (Å²) in [6, 6.07) is 91.6. The summed E-state index contributed by atoms with van der Waals surface area (Å²) >= 11 is 1.85. The molecule has 0 aliphatic heterocycles. The van der Waals surface area contributed by atoms with Crippen molar-refractivity contribution in [2.24, 2.45) is 0 Å². The minimum atomic E-state index is 1.00. The Bertz CT molecular complexity index is 4940. The second kappa shape index (κ2) is 15.6. The smallest absolute Gasteiger partial charge is 0.156 e. The molecule has 0 amide bonds. The summed E-state index contributed by atoms with van der Waals surface area (Å²) in [5.41, 5.74) is 16.3. The van der Waals surface area contributed by atoms with Gasteiger partial charge in [0, 0.05) is 37.3 Å². The van der Waals surface area contributed by atoms with Gasteiger partial charge in [0.15, 0.2) is 5.65 Å². The Hall–Kier alpha value is -9.35. The molecule has 0 fully saturated rings. The van der Waals surface area contributed by atoms with Gasteiger partial charge in [-0.25, -0.2) is 4.98 Å². The van der Waals surface area contributed by atoms with E-state index in [-0.39, 0.29) is 0 Å². The van der Waals surface area contributed by atoms with Gasteiger partial charge in [0.05, 0.1) is 32.5 Å². The van der Waals surface area contributed by atoms with Crippen molar-refractivity contribution in [3.63, 3.8) is 0 Å². The van der Waals surface area contributed by atoms with Crippen molar-refractivity contribution in [2.75, 3.05) is 0 Å². The van der Waals surface area contributed by atoms with Gasteiger partial charge >= 0.3 is 0 Å². The molecule has 3 nitrogen and oxygen atoms in total. The first-order chi connectivity index (χ1) is 36.2. The maximum atomic E-state index is 5.60. The fraction of sp³-hybridized carbons (Fsp3) is 0. The highest BCUT2D eigenvalue weighted by Crippen LogP contribution is 2.45. The Kier molecular flexibility index (Phi) is 8.62. The second-order valence-electron chi connectivity index (χ2n) is 19.4. The molecule has 338 valence electrons. The monoisotopic (exact) mass is 943 g/mol. The molecule has 0 saturated carbocycles. The third-order valence-corrected chi connectivity index (χ3v) is 16.7. The predicted octanol–water partition coefficient (Wildman–Crippen LogP) is 19.2. The molecule has 0 saturated heterocycles. The van der Waals surface area contributed by atoms with Crippen LogP contribution in [0.4, 0.5) is 0 Å². The van der Waals surface area contributed by atoms with Crippen molar-refractivity contribution < 1.29 is 0 Å². The van der Waals surface area contributed by atoms with E-state index in [0.717, 1.165) is 27.9 Å². The molecule has 16 aromatic rings. The molecular weight excluding hydrogens is 903 g/mol. The number of benzene rings is 12. The molecule has 0 unspecified atom stereocenters. The fourth-order valence-corrected chi connectivity index (χ4v) is 13.3. The lowest BCUT2D eigenvalue weighted by Crippen LogP contribution is -1.93. The molecule has 12 aromatic carbocycles. The van der Waals surface area contributed by atoms with Crippen LogP contribution in [-0.4, -0.2) is 14.0 Å². The Labute approximate surface area is 423 Å². The number of pyridine rings is 1. The lowest BCUT2D eigenvalue weighted by Gasteiger charge is -2.14. The second-order valence-corrected chi connectivity index (χ2v) is 20.5. The van der Waals surface area contributed by atoms with E-state index in [1.54, 1.807) is 0 Å². The zero-order chi connectivity index (χ0) is 47.7. The Balaban J connectivity index is 0.799. The molecule has 0 aliphatic rings. The topological polar surface area (TPSA) is 22.2 Å². The zero-order valence-corrected chi connectivity index (χ0v) is 40.2. The van der Waals surface area contributed by atoms with Crippen molar-refractivity contribution in [3.05, 3.63) is 249 Å². The SMILES string of the molecule is c1ccc(-n2c3ccccc3c3cc(-c4ccc(-c5ccc(-c6ccc(-c7cc8c(sc9ccc%10ccccc%10c98)c8nc9c%10ccc%11ccccc%11c%10ccc9n78)cc6)c6ccccc56)cc4)ccc32)cc1. The zero-order valence-electron chi connectivity index (χ0n) is 39.4. The van der Waals surface area contributed by atoms with Crippen LogP contribution >= 0.6 is 11.3 Å². The maximum absolute atomic E-state index is 5.60. The Morgan fingerprint density at radius 2 is 0.890 bits per heavy atom. The summed E-state index contributed by atoms with van der Waals surface area (Å²) in [7, 11) is 0. The molecule has 16 rings (SSSR count). The number of thiophene rings is 1. The van der Waals surface area contributed by atoms with Crippen LogP contribution in [0, 0.1) is 0 Å². The molecule has 0 aliphatic carbocycles. The van der Waals surface area contributed by atoms with Crippen molar-refractivity contribution in [1.29, 1.82) is 0 Å². The van der Waals surface area contributed by atoms with Gasteiger partial charge in [0.2, 0.25) is 0 Å². The third-order valence-electron chi connectivity index (χ3n) is 15.5. The number of hydrogen-bond acceptors (Lipinski definition) is 2. The summed E-state index contributed by atoms with van der Waals surface area (Å²) in [5, 5.41) is 15.0. The molecule has 4 aromatic heterocycles. The van der Waals surface area contributed by atoms with Gasteiger partial charge in [0.1, 0.15) is 0 Å². The van der Waals surface area contributed by atoms with E-state index >= 15 is 0 Å². The summed E-state index contributed by atoms with van der Waals surface area (Å²) in [5.74, 6) is 0. The lowest BCUT2D eigenvalue weighted by atomic mass is 9.91. The molecule has 4 heteroatoms. The van der Waals surface area contributed by atoms with Gasteiger partial charge in [-0.1, -0.05) is 200 Å². The number of imidazole rings is 1. The van der Waals surface area contributed by atoms with E-state index in [1.165, 1.54) is 124 Å². The van der Waals surface area contributed by atoms with Crippen molar-refractivity contribution in [2.45, 2.75) is 0 Å². The average molecular weight is 944 g/mol. The molecule has 73 heavy (non-hydrogen) atoms. The van der Waals surface area contributed by atoms with Crippen LogP contribution in [0.2, 0.25) is 0 Å². The van der Waals surface area contributed by atoms with E-state index in [1.807, 2.05) is 11.3 Å². The van der Waals surface area contributed by atoms with Gasteiger partial charge < -0.3 is 4.57 Å². The van der Waals surface area contributed by atoms with Crippen LogP contribution in [0.5, 0.6) is 0 Å². The molecule has 0 atom stereocenters. The van der Waals surface area contributed by atoms with Gasteiger partial charge in [-0.2, -0.15) is 0 Å². The van der Waals surface area contributed by atoms with Gasteiger partial charge in [-0.05, 0) is 125 Å². The summed E-state index contributed by atoms with van der Waals surface area (Å²) in [6.07, 6.45) is 0. The molecule has 0 bridgehead atoms. The molecule has 0 N–H and O–H groups in total. The van der Waals surface area contributed by atoms with E-state index in [0.29, 0.717) is 0 Å². The first-order valence-electron chi connectivity index (χ1n) is 25.0. The van der Waals surface area contributed by atoms with Crippen molar-refractivity contribution >= 4 is 113 Å². The first kappa shape index (κ1) is 40.4. The lowest BCUT2D eigenvalue weighted by molar-refractivity contribution is 1.18. The van der Waals surface area contributed by atoms with E-state index < -0.39 is 0 Å². The number of rotatable bonds is 5. The first-order valence-corrected chi connectivity index (χ1v) is 25.8. The number of aromatic nitrogens is 3. The van der Waals surface area contributed by atoms with E-state index in [4.69, 9.17) is 4.98 Å². The summed E-state index contributed by atoms with van der Waals surface area (Å²) in [6.45, 7) is 0.